The van der Waals surface area contributed by atoms with Crippen molar-refractivity contribution < 1.29 is 8.42 Å². The highest BCUT2D eigenvalue weighted by Crippen LogP contribution is 2.34. The topological polar surface area (TPSA) is 85.1 Å². The lowest BCUT2D eigenvalue weighted by atomic mass is 10.1. The van der Waals surface area contributed by atoms with Crippen LogP contribution in [0.1, 0.15) is 18.5 Å². The van der Waals surface area contributed by atoms with Crippen molar-refractivity contribution in [1.82, 2.24) is 4.37 Å². The summed E-state index contributed by atoms with van der Waals surface area (Å²) in [4.78, 5) is 0.0522. The van der Waals surface area contributed by atoms with E-state index in [0.717, 1.165) is 23.4 Å². The quantitative estimate of drug-likeness (QED) is 0.899. The molecule has 3 N–H and O–H groups in total. The maximum atomic E-state index is 11.7. The lowest BCUT2D eigenvalue weighted by molar-refractivity contribution is 0.602. The van der Waals surface area contributed by atoms with Crippen molar-refractivity contribution in [3.63, 3.8) is 0 Å². The molecule has 20 heavy (non-hydrogen) atoms. The predicted molar refractivity (Wildman–Crippen MR) is 83.1 cm³/mol. The van der Waals surface area contributed by atoms with Crippen molar-refractivity contribution in [1.29, 1.82) is 0 Å². The van der Waals surface area contributed by atoms with Gasteiger partial charge in [-0.25, -0.2) is 8.42 Å². The van der Waals surface area contributed by atoms with E-state index in [1.54, 1.807) is 6.07 Å². The number of hydrogen-bond donors (Lipinski definition) is 2. The molecule has 0 aliphatic rings. The van der Waals surface area contributed by atoms with Crippen molar-refractivity contribution in [3.8, 4) is 0 Å². The highest BCUT2D eigenvalue weighted by atomic mass is 35.5. The lowest BCUT2D eigenvalue weighted by Crippen LogP contribution is -2.09. The van der Waals surface area contributed by atoms with Crippen LogP contribution >= 0.6 is 23.1 Å². The summed E-state index contributed by atoms with van der Waals surface area (Å²) in [7, 11) is -3.42. The molecule has 8 heteroatoms. The smallest absolute Gasteiger partial charge is 0.182 e. The van der Waals surface area contributed by atoms with Crippen LogP contribution < -0.4 is 11.1 Å². The minimum absolute atomic E-state index is 0.0262. The SMILES string of the molecule is CC(Nc1snc(N)c1S(C)(=O)=O)c1cccc(Cl)c1. The van der Waals surface area contributed by atoms with Gasteiger partial charge in [0.05, 0.1) is 0 Å². The number of nitrogen functional groups attached to an aromatic ring is 1. The van der Waals surface area contributed by atoms with E-state index in [4.69, 9.17) is 17.3 Å². The molecule has 1 aromatic carbocycles. The molecule has 0 bridgehead atoms. The first-order valence-electron chi connectivity index (χ1n) is 5.76. The highest BCUT2D eigenvalue weighted by molar-refractivity contribution is 7.91. The predicted octanol–water partition coefficient (Wildman–Crippen LogP) is 2.96. The molecule has 1 heterocycles. The molecular formula is C12H14ClN3O2S2. The Morgan fingerprint density at radius 3 is 2.75 bits per heavy atom. The fourth-order valence-corrected chi connectivity index (χ4v) is 4.14. The fraction of sp³-hybridized carbons (Fsp3) is 0.250. The molecule has 1 unspecified atom stereocenters. The molecule has 0 fully saturated rings. The molecule has 0 spiro atoms. The zero-order valence-electron chi connectivity index (χ0n) is 10.9. The molecule has 2 rings (SSSR count). The zero-order valence-corrected chi connectivity index (χ0v) is 13.3. The highest BCUT2D eigenvalue weighted by Gasteiger charge is 2.22. The number of nitrogens with two attached hydrogens (primary N) is 1. The number of sulfone groups is 1. The Morgan fingerprint density at radius 2 is 2.15 bits per heavy atom. The summed E-state index contributed by atoms with van der Waals surface area (Å²) in [5, 5.41) is 4.19. The average molecular weight is 332 g/mol. The van der Waals surface area contributed by atoms with E-state index >= 15 is 0 Å². The van der Waals surface area contributed by atoms with Gasteiger partial charge in [0.15, 0.2) is 15.7 Å². The minimum atomic E-state index is -3.42. The van der Waals surface area contributed by atoms with Crippen LogP contribution in [-0.2, 0) is 9.84 Å². The molecule has 0 saturated heterocycles. The Morgan fingerprint density at radius 1 is 1.45 bits per heavy atom. The molecule has 0 saturated carbocycles. The third-order valence-electron chi connectivity index (χ3n) is 2.74. The van der Waals surface area contributed by atoms with Gasteiger partial charge in [-0.1, -0.05) is 23.7 Å². The summed E-state index contributed by atoms with van der Waals surface area (Å²) in [5.74, 6) is 0.0262. The molecule has 0 aliphatic carbocycles. The molecular weight excluding hydrogens is 318 g/mol. The number of nitrogens with zero attached hydrogens (tertiary/aromatic N) is 1. The number of halogens is 1. The Balaban J connectivity index is 2.32. The van der Waals surface area contributed by atoms with Crippen LogP contribution in [0.25, 0.3) is 0 Å². The molecule has 0 amide bonds. The third kappa shape index (κ3) is 3.23. The summed E-state index contributed by atoms with van der Waals surface area (Å²) >= 11 is 6.98. The zero-order chi connectivity index (χ0) is 14.9. The van der Waals surface area contributed by atoms with Crippen molar-refractivity contribution in [2.75, 3.05) is 17.3 Å². The average Bonchev–Trinajstić information content (AvgIpc) is 2.70. The van der Waals surface area contributed by atoms with Gasteiger partial charge in [-0.3, -0.25) is 0 Å². The van der Waals surface area contributed by atoms with Crippen molar-refractivity contribution >= 4 is 43.8 Å². The van der Waals surface area contributed by atoms with E-state index in [9.17, 15) is 8.42 Å². The van der Waals surface area contributed by atoms with Gasteiger partial charge < -0.3 is 11.1 Å². The van der Waals surface area contributed by atoms with Crippen molar-refractivity contribution in [2.45, 2.75) is 17.9 Å². The minimum Gasteiger partial charge on any atom is -0.382 e. The molecule has 1 atom stereocenters. The van der Waals surface area contributed by atoms with E-state index in [1.165, 1.54) is 0 Å². The maximum absolute atomic E-state index is 11.7. The van der Waals surface area contributed by atoms with Crippen molar-refractivity contribution in [3.05, 3.63) is 34.9 Å². The van der Waals surface area contributed by atoms with Gasteiger partial charge in [0.2, 0.25) is 0 Å². The van der Waals surface area contributed by atoms with E-state index in [-0.39, 0.29) is 16.8 Å². The summed E-state index contributed by atoms with van der Waals surface area (Å²) < 4.78 is 27.4. The van der Waals surface area contributed by atoms with Crippen LogP contribution in [0.2, 0.25) is 5.02 Å². The van der Waals surface area contributed by atoms with Gasteiger partial charge in [-0.15, -0.1) is 0 Å². The second-order valence-corrected chi connectivity index (χ2v) is 7.58. The second kappa shape index (κ2) is 5.59. The summed E-state index contributed by atoms with van der Waals surface area (Å²) in [6.07, 6.45) is 1.11. The van der Waals surface area contributed by atoms with Crippen LogP contribution in [0.5, 0.6) is 0 Å². The van der Waals surface area contributed by atoms with Gasteiger partial charge >= 0.3 is 0 Å². The first-order valence-corrected chi connectivity index (χ1v) is 8.80. The maximum Gasteiger partial charge on any atom is 0.182 e. The number of hydrogen-bond acceptors (Lipinski definition) is 6. The number of nitrogens with one attached hydrogen (secondary N) is 1. The lowest BCUT2D eigenvalue weighted by Gasteiger charge is -2.15. The molecule has 108 valence electrons. The van der Waals surface area contributed by atoms with E-state index in [0.29, 0.717) is 10.0 Å². The second-order valence-electron chi connectivity index (χ2n) is 4.42. The summed E-state index contributed by atoms with van der Waals surface area (Å²) in [6.45, 7) is 1.91. The third-order valence-corrected chi connectivity index (χ3v) is 5.05. The molecule has 1 aromatic heterocycles. The van der Waals surface area contributed by atoms with Gasteiger partial charge in [0.25, 0.3) is 0 Å². The van der Waals surface area contributed by atoms with Gasteiger partial charge in [0, 0.05) is 17.3 Å². The molecule has 2 aromatic rings. The van der Waals surface area contributed by atoms with Gasteiger partial charge in [-0.05, 0) is 36.2 Å². The Hall–Kier alpha value is -1.31. The van der Waals surface area contributed by atoms with Gasteiger partial charge in [-0.2, -0.15) is 4.37 Å². The van der Waals surface area contributed by atoms with Crippen LogP contribution in [0.3, 0.4) is 0 Å². The van der Waals surface area contributed by atoms with Crippen molar-refractivity contribution in [2.24, 2.45) is 0 Å². The first-order chi connectivity index (χ1) is 9.29. The standard InChI is InChI=1S/C12H14ClN3O2S2/c1-7(8-4-3-5-9(13)6-8)15-12-10(20(2,17)18)11(14)16-19-12/h3-7,15H,1-2H3,(H2,14,16). The normalized spacial score (nSPS) is 13.2. The monoisotopic (exact) mass is 331 g/mol. The summed E-state index contributed by atoms with van der Waals surface area (Å²) in [5.41, 5.74) is 6.57. The van der Waals surface area contributed by atoms with E-state index in [2.05, 4.69) is 9.69 Å². The number of aromatic nitrogens is 1. The van der Waals surface area contributed by atoms with Crippen LogP contribution in [0.4, 0.5) is 10.8 Å². The van der Waals surface area contributed by atoms with Crippen LogP contribution in [0.15, 0.2) is 29.2 Å². The van der Waals surface area contributed by atoms with Crippen LogP contribution in [0, 0.1) is 0 Å². The van der Waals surface area contributed by atoms with Gasteiger partial charge in [0.1, 0.15) is 9.90 Å². The van der Waals surface area contributed by atoms with Crippen LogP contribution in [-0.4, -0.2) is 19.0 Å². The largest absolute Gasteiger partial charge is 0.382 e. The number of rotatable bonds is 4. The molecule has 0 aliphatic heterocycles. The van der Waals surface area contributed by atoms with E-state index < -0.39 is 9.84 Å². The number of anilines is 2. The van der Waals surface area contributed by atoms with E-state index in [1.807, 2.05) is 25.1 Å². The fourth-order valence-electron chi connectivity index (χ4n) is 1.80. The molecule has 5 nitrogen and oxygen atoms in total. The Labute approximate surface area is 126 Å². The first kappa shape index (κ1) is 15.1. The Kier molecular flexibility index (Phi) is 4.22. The number of benzene rings is 1. The Bertz CT molecular complexity index is 728. The summed E-state index contributed by atoms with van der Waals surface area (Å²) in [6, 6.07) is 7.24. The molecule has 0 radical (unpaired) electrons.